The van der Waals surface area contributed by atoms with Gasteiger partial charge in [-0.15, -0.1) is 0 Å². The number of carbonyl (C=O) groups excluding carboxylic acids is 3. The molecule has 0 atom stereocenters. The number of H-pyrrole nitrogens is 1. The minimum atomic E-state index is -0.492. The van der Waals surface area contributed by atoms with Gasteiger partial charge >= 0.3 is 0 Å². The maximum atomic E-state index is 12.9. The second-order valence-corrected chi connectivity index (χ2v) is 6.84. The highest BCUT2D eigenvalue weighted by atomic mass is 16.2. The fourth-order valence-corrected chi connectivity index (χ4v) is 3.50. The van der Waals surface area contributed by atoms with E-state index in [0.717, 1.165) is 36.0 Å². The molecule has 28 heavy (non-hydrogen) atoms. The summed E-state index contributed by atoms with van der Waals surface area (Å²) in [6, 6.07) is 14.3. The number of hydrogen-bond donors (Lipinski definition) is 2. The van der Waals surface area contributed by atoms with Crippen LogP contribution in [0.2, 0.25) is 0 Å². The van der Waals surface area contributed by atoms with Crippen LogP contribution in [0.1, 0.15) is 31.2 Å². The van der Waals surface area contributed by atoms with Crippen LogP contribution in [-0.4, -0.2) is 54.2 Å². The third kappa shape index (κ3) is 3.34. The molecule has 4 rings (SSSR count). The number of benzene rings is 2. The molecule has 2 heterocycles. The molecule has 7 nitrogen and oxygen atoms in total. The van der Waals surface area contributed by atoms with Crippen LogP contribution in [-0.2, 0) is 0 Å². The monoisotopic (exact) mass is 376 g/mol. The Hall–Kier alpha value is -3.61. The van der Waals surface area contributed by atoms with Gasteiger partial charge in [-0.25, -0.2) is 0 Å². The molecule has 0 bridgehead atoms. The minimum Gasteiger partial charge on any atom is -0.368 e. The van der Waals surface area contributed by atoms with Gasteiger partial charge in [0, 0.05) is 53.9 Å². The summed E-state index contributed by atoms with van der Waals surface area (Å²) in [6.45, 7) is 2.66. The molecule has 1 aliphatic heterocycles. The molecular weight excluding hydrogens is 356 g/mol. The van der Waals surface area contributed by atoms with Gasteiger partial charge in [0.1, 0.15) is 12.0 Å². The van der Waals surface area contributed by atoms with E-state index in [-0.39, 0.29) is 5.91 Å². The van der Waals surface area contributed by atoms with E-state index < -0.39 is 5.91 Å². The average molecular weight is 376 g/mol. The molecule has 1 saturated heterocycles. The Morgan fingerprint density at radius 3 is 2.32 bits per heavy atom. The summed E-state index contributed by atoms with van der Waals surface area (Å²) in [7, 11) is 0. The first kappa shape index (κ1) is 17.8. The Labute approximate surface area is 161 Å². The number of piperazine rings is 1. The van der Waals surface area contributed by atoms with Crippen molar-refractivity contribution in [1.29, 1.82) is 0 Å². The predicted molar refractivity (Wildman–Crippen MR) is 107 cm³/mol. The lowest BCUT2D eigenvalue weighted by atomic mass is 10.1. The van der Waals surface area contributed by atoms with E-state index in [1.807, 2.05) is 17.0 Å². The van der Waals surface area contributed by atoms with Gasteiger partial charge in [0.25, 0.3) is 5.91 Å². The molecule has 0 aliphatic carbocycles. The molecule has 3 N–H and O–H groups in total. The quantitative estimate of drug-likeness (QED) is 0.681. The molecule has 0 radical (unpaired) electrons. The van der Waals surface area contributed by atoms with Crippen LogP contribution in [0, 0.1) is 0 Å². The maximum absolute atomic E-state index is 12.9. The Kier molecular flexibility index (Phi) is 4.57. The van der Waals surface area contributed by atoms with Crippen molar-refractivity contribution >= 4 is 34.7 Å². The maximum Gasteiger partial charge on any atom is 0.270 e. The highest BCUT2D eigenvalue weighted by molar-refractivity contribution is 6.01. The fourth-order valence-electron chi connectivity index (χ4n) is 3.50. The highest BCUT2D eigenvalue weighted by Crippen LogP contribution is 2.21. The number of fused-ring (bicyclic) bond motifs is 1. The van der Waals surface area contributed by atoms with Crippen LogP contribution in [0.5, 0.6) is 0 Å². The Morgan fingerprint density at radius 1 is 0.964 bits per heavy atom. The zero-order chi connectivity index (χ0) is 19.7. The number of nitrogens with two attached hydrogens (primary N) is 1. The molecule has 0 spiro atoms. The fraction of sp³-hybridized carbons (Fsp3) is 0.190. The first-order valence-electron chi connectivity index (χ1n) is 9.07. The summed E-state index contributed by atoms with van der Waals surface area (Å²) >= 11 is 0. The number of aromatic nitrogens is 1. The summed E-state index contributed by atoms with van der Waals surface area (Å²) < 4.78 is 0. The van der Waals surface area contributed by atoms with Crippen LogP contribution in [0.3, 0.4) is 0 Å². The molecule has 1 fully saturated rings. The summed E-state index contributed by atoms with van der Waals surface area (Å²) in [6.07, 6.45) is 0.827. The number of hydrogen-bond acceptors (Lipinski definition) is 4. The van der Waals surface area contributed by atoms with Crippen molar-refractivity contribution < 1.29 is 14.4 Å². The SMILES string of the molecule is NC(=O)c1ccc2[nH]c(C(=O)N3CCN(c4ccc(C=O)cc4)CC3)cc2c1. The molecule has 7 heteroatoms. The number of aldehydes is 1. The van der Waals surface area contributed by atoms with Crippen molar-refractivity contribution in [2.45, 2.75) is 0 Å². The summed E-state index contributed by atoms with van der Waals surface area (Å²) in [5, 5.41) is 0.786. The smallest absolute Gasteiger partial charge is 0.270 e. The Morgan fingerprint density at radius 2 is 1.68 bits per heavy atom. The average Bonchev–Trinajstić information content (AvgIpc) is 3.17. The largest absolute Gasteiger partial charge is 0.368 e. The minimum absolute atomic E-state index is 0.0622. The summed E-state index contributed by atoms with van der Waals surface area (Å²) in [5.74, 6) is -0.555. The number of aromatic amines is 1. The van der Waals surface area contributed by atoms with Gasteiger partial charge in [0.05, 0.1) is 0 Å². The van der Waals surface area contributed by atoms with E-state index >= 15 is 0 Å². The third-order valence-corrected chi connectivity index (χ3v) is 5.10. The Balaban J connectivity index is 1.45. The molecule has 1 aliphatic rings. The van der Waals surface area contributed by atoms with Gasteiger partial charge in [-0.2, -0.15) is 0 Å². The number of carbonyl (C=O) groups is 3. The van der Waals surface area contributed by atoms with Crippen LogP contribution >= 0.6 is 0 Å². The van der Waals surface area contributed by atoms with E-state index in [9.17, 15) is 14.4 Å². The third-order valence-electron chi connectivity index (χ3n) is 5.10. The second-order valence-electron chi connectivity index (χ2n) is 6.84. The van der Waals surface area contributed by atoms with Gasteiger partial charge in [0.2, 0.25) is 5.91 Å². The van der Waals surface area contributed by atoms with Crippen molar-refractivity contribution in [1.82, 2.24) is 9.88 Å². The first-order valence-corrected chi connectivity index (χ1v) is 9.07. The molecule has 0 unspecified atom stereocenters. The molecule has 3 aromatic rings. The van der Waals surface area contributed by atoms with E-state index in [2.05, 4.69) is 9.88 Å². The van der Waals surface area contributed by atoms with Crippen LogP contribution in [0.25, 0.3) is 10.9 Å². The lowest BCUT2D eigenvalue weighted by Crippen LogP contribution is -2.48. The van der Waals surface area contributed by atoms with Crippen molar-refractivity contribution in [2.24, 2.45) is 5.73 Å². The molecule has 2 aromatic carbocycles. The van der Waals surface area contributed by atoms with Gasteiger partial charge in [-0.05, 0) is 48.5 Å². The topological polar surface area (TPSA) is 99.5 Å². The molecule has 0 saturated carbocycles. The number of nitrogens with one attached hydrogen (secondary N) is 1. The number of rotatable bonds is 4. The van der Waals surface area contributed by atoms with E-state index in [4.69, 9.17) is 5.73 Å². The zero-order valence-corrected chi connectivity index (χ0v) is 15.2. The predicted octanol–water partition coefficient (Wildman–Crippen LogP) is 2.04. The van der Waals surface area contributed by atoms with Crippen LogP contribution in [0.4, 0.5) is 5.69 Å². The molecule has 2 amide bonds. The molecular formula is C21H20N4O3. The van der Waals surface area contributed by atoms with Crippen LogP contribution < -0.4 is 10.6 Å². The van der Waals surface area contributed by atoms with Crippen LogP contribution in [0.15, 0.2) is 48.5 Å². The molecule has 1 aromatic heterocycles. The number of nitrogens with zero attached hydrogens (tertiary/aromatic N) is 2. The number of primary amides is 1. The van der Waals surface area contributed by atoms with Crippen molar-refractivity contribution in [2.75, 3.05) is 31.1 Å². The number of amides is 2. The summed E-state index contributed by atoms with van der Waals surface area (Å²) in [5.41, 5.74) is 8.72. The number of anilines is 1. The summed E-state index contributed by atoms with van der Waals surface area (Å²) in [4.78, 5) is 42.1. The van der Waals surface area contributed by atoms with Crippen molar-refractivity contribution in [3.05, 3.63) is 65.4 Å². The van der Waals surface area contributed by atoms with Crippen molar-refractivity contribution in [3.8, 4) is 0 Å². The second kappa shape index (κ2) is 7.19. The van der Waals surface area contributed by atoms with Gasteiger partial charge in [0.15, 0.2) is 0 Å². The van der Waals surface area contributed by atoms with Gasteiger partial charge in [-0.3, -0.25) is 14.4 Å². The van der Waals surface area contributed by atoms with Gasteiger partial charge < -0.3 is 20.5 Å². The van der Waals surface area contributed by atoms with E-state index in [1.54, 1.807) is 36.4 Å². The first-order chi connectivity index (χ1) is 13.5. The van der Waals surface area contributed by atoms with E-state index in [1.165, 1.54) is 0 Å². The van der Waals surface area contributed by atoms with Crippen molar-refractivity contribution in [3.63, 3.8) is 0 Å². The lowest BCUT2D eigenvalue weighted by Gasteiger charge is -2.36. The molecule has 142 valence electrons. The lowest BCUT2D eigenvalue weighted by molar-refractivity contribution is 0.0741. The normalized spacial score (nSPS) is 14.3. The van der Waals surface area contributed by atoms with E-state index in [0.29, 0.717) is 29.9 Å². The van der Waals surface area contributed by atoms with Gasteiger partial charge in [-0.1, -0.05) is 0 Å². The standard InChI is InChI=1S/C21H20N4O3/c22-20(27)15-3-6-18-16(11-15)12-19(23-18)21(28)25-9-7-24(8-10-25)17-4-1-14(13-26)2-5-17/h1-6,11-13,23H,7-10H2,(H2,22,27). The highest BCUT2D eigenvalue weighted by Gasteiger charge is 2.23. The zero-order valence-electron chi connectivity index (χ0n) is 15.2. The Bertz CT molecular complexity index is 1050.